The Hall–Kier alpha value is -0.830. The average molecular weight is 313 g/mol. The van der Waals surface area contributed by atoms with E-state index in [2.05, 4.69) is 18.4 Å². The highest BCUT2D eigenvalue weighted by Crippen LogP contribution is 2.47. The van der Waals surface area contributed by atoms with Gasteiger partial charge in [-0.2, -0.15) is 0 Å². The Balaban J connectivity index is 2.35. The molecule has 0 aromatic rings. The Morgan fingerprint density at radius 1 is 1.52 bits per heavy atom. The number of allylic oxidation sites excluding steroid dienone is 1. The number of alkyl halides is 1. The molecule has 0 bridgehead atoms. The quantitative estimate of drug-likeness (QED) is 0.501. The Labute approximate surface area is 130 Å². The van der Waals surface area contributed by atoms with Gasteiger partial charge in [0.25, 0.3) is 0 Å². The van der Waals surface area contributed by atoms with Gasteiger partial charge in [0.1, 0.15) is 17.1 Å². The highest BCUT2D eigenvalue weighted by atomic mass is 35.5. The predicted molar refractivity (Wildman–Crippen MR) is 80.8 cm³/mol. The summed E-state index contributed by atoms with van der Waals surface area (Å²) in [5.74, 6) is 5.55. The summed E-state index contributed by atoms with van der Waals surface area (Å²) in [6.45, 7) is 8.68. The van der Waals surface area contributed by atoms with E-state index in [1.54, 1.807) is 26.8 Å². The number of aliphatic hydroxyl groups excluding tert-OH is 2. The van der Waals surface area contributed by atoms with E-state index in [0.29, 0.717) is 11.1 Å². The Morgan fingerprint density at radius 3 is 2.67 bits per heavy atom. The van der Waals surface area contributed by atoms with Crippen molar-refractivity contribution in [3.05, 3.63) is 23.8 Å². The number of halogens is 1. The SMILES string of the molecule is C=C(C)C#CC1=CC2OC(C(C)(C)O)CC2(Cl)C(O)C1O. The van der Waals surface area contributed by atoms with Crippen LogP contribution in [0.5, 0.6) is 0 Å². The molecule has 1 fully saturated rings. The third-order valence-corrected chi connectivity index (χ3v) is 4.52. The van der Waals surface area contributed by atoms with Crippen molar-refractivity contribution in [1.29, 1.82) is 0 Å². The highest BCUT2D eigenvalue weighted by Gasteiger charge is 2.58. The number of hydrogen-bond donors (Lipinski definition) is 3. The predicted octanol–water partition coefficient (Wildman–Crippen LogP) is 1.13. The monoisotopic (exact) mass is 312 g/mol. The molecule has 5 unspecified atom stereocenters. The van der Waals surface area contributed by atoms with Crippen LogP contribution in [0.3, 0.4) is 0 Å². The number of hydrogen-bond acceptors (Lipinski definition) is 4. The van der Waals surface area contributed by atoms with Gasteiger partial charge in [-0.15, -0.1) is 11.6 Å². The average Bonchev–Trinajstić information content (AvgIpc) is 2.70. The van der Waals surface area contributed by atoms with E-state index in [1.807, 2.05) is 0 Å². The summed E-state index contributed by atoms with van der Waals surface area (Å²) in [4.78, 5) is -1.15. The number of ether oxygens (including phenoxy) is 1. The molecule has 0 aromatic carbocycles. The second-order valence-corrected chi connectivity index (χ2v) is 7.08. The molecular formula is C16H21ClO4. The zero-order chi connectivity index (χ0) is 16.0. The first-order chi connectivity index (χ1) is 9.55. The maximum absolute atomic E-state index is 10.4. The molecule has 0 amide bonds. The van der Waals surface area contributed by atoms with Crippen LogP contribution in [0.15, 0.2) is 23.8 Å². The lowest BCUT2D eigenvalue weighted by Gasteiger charge is -2.37. The Bertz CT molecular complexity index is 537. The largest absolute Gasteiger partial charge is 0.388 e. The summed E-state index contributed by atoms with van der Waals surface area (Å²) in [6, 6.07) is 0. The van der Waals surface area contributed by atoms with Crippen LogP contribution in [-0.2, 0) is 4.74 Å². The summed E-state index contributed by atoms with van der Waals surface area (Å²) in [6.07, 6.45) is -1.63. The van der Waals surface area contributed by atoms with Crippen molar-refractivity contribution in [3.63, 3.8) is 0 Å². The van der Waals surface area contributed by atoms with Crippen LogP contribution in [0.2, 0.25) is 0 Å². The van der Waals surface area contributed by atoms with Gasteiger partial charge in [-0.1, -0.05) is 18.4 Å². The molecule has 1 aliphatic heterocycles. The summed E-state index contributed by atoms with van der Waals surface area (Å²) >= 11 is 6.49. The molecule has 4 nitrogen and oxygen atoms in total. The van der Waals surface area contributed by atoms with Crippen molar-refractivity contribution in [2.75, 3.05) is 0 Å². The lowest BCUT2D eigenvalue weighted by molar-refractivity contribution is -0.0783. The zero-order valence-corrected chi connectivity index (χ0v) is 13.2. The summed E-state index contributed by atoms with van der Waals surface area (Å²) in [5.41, 5.74) is -0.0634. The minimum atomic E-state index is -1.21. The van der Waals surface area contributed by atoms with E-state index in [-0.39, 0.29) is 6.42 Å². The second kappa shape index (κ2) is 5.42. The number of rotatable bonds is 1. The van der Waals surface area contributed by atoms with Crippen LogP contribution < -0.4 is 0 Å². The third-order valence-electron chi connectivity index (χ3n) is 3.93. The fourth-order valence-electron chi connectivity index (χ4n) is 2.61. The molecule has 0 aromatic heterocycles. The first kappa shape index (κ1) is 16.5. The third kappa shape index (κ3) is 3.03. The summed E-state index contributed by atoms with van der Waals surface area (Å²) in [5, 5.41) is 30.6. The van der Waals surface area contributed by atoms with Gasteiger partial charge in [0.15, 0.2) is 0 Å². The van der Waals surface area contributed by atoms with E-state index in [0.717, 1.165) is 0 Å². The number of aliphatic hydroxyl groups is 3. The molecule has 1 aliphatic carbocycles. The molecule has 3 N–H and O–H groups in total. The molecule has 5 heteroatoms. The molecule has 2 aliphatic rings. The maximum Gasteiger partial charge on any atom is 0.114 e. The van der Waals surface area contributed by atoms with Crippen LogP contribution in [0, 0.1) is 11.8 Å². The van der Waals surface area contributed by atoms with Crippen LogP contribution in [-0.4, -0.2) is 50.2 Å². The van der Waals surface area contributed by atoms with Crippen molar-refractivity contribution < 1.29 is 20.1 Å². The van der Waals surface area contributed by atoms with E-state index in [9.17, 15) is 15.3 Å². The summed E-state index contributed by atoms with van der Waals surface area (Å²) < 4.78 is 5.77. The van der Waals surface area contributed by atoms with Crippen molar-refractivity contribution in [1.82, 2.24) is 0 Å². The minimum Gasteiger partial charge on any atom is -0.388 e. The first-order valence-corrected chi connectivity index (χ1v) is 7.25. The van der Waals surface area contributed by atoms with Crippen molar-refractivity contribution in [2.24, 2.45) is 0 Å². The fraction of sp³-hybridized carbons (Fsp3) is 0.625. The number of fused-ring (bicyclic) bond motifs is 1. The Kier molecular flexibility index (Phi) is 4.27. The van der Waals surface area contributed by atoms with Gasteiger partial charge in [-0.25, -0.2) is 0 Å². The minimum absolute atomic E-state index is 0.249. The second-order valence-electron chi connectivity index (χ2n) is 6.37. The lowest BCUT2D eigenvalue weighted by Crippen LogP contribution is -2.53. The van der Waals surface area contributed by atoms with Crippen LogP contribution in [0.25, 0.3) is 0 Å². The highest BCUT2D eigenvalue weighted by molar-refractivity contribution is 6.25. The van der Waals surface area contributed by atoms with Crippen LogP contribution >= 0.6 is 11.6 Å². The van der Waals surface area contributed by atoms with Gasteiger partial charge in [0.2, 0.25) is 0 Å². The molecular weight excluding hydrogens is 292 g/mol. The molecule has 116 valence electrons. The molecule has 5 atom stereocenters. The van der Waals surface area contributed by atoms with Gasteiger partial charge in [-0.3, -0.25) is 0 Å². The van der Waals surface area contributed by atoms with Gasteiger partial charge in [0.05, 0.1) is 17.8 Å². The summed E-state index contributed by atoms with van der Waals surface area (Å²) in [7, 11) is 0. The molecule has 1 heterocycles. The van der Waals surface area contributed by atoms with Crippen molar-refractivity contribution in [3.8, 4) is 11.8 Å². The van der Waals surface area contributed by atoms with E-state index in [4.69, 9.17) is 16.3 Å². The normalized spacial score (nSPS) is 39.1. The fourth-order valence-corrected chi connectivity index (χ4v) is 2.98. The molecule has 0 spiro atoms. The van der Waals surface area contributed by atoms with Crippen LogP contribution in [0.1, 0.15) is 27.2 Å². The molecule has 1 saturated heterocycles. The zero-order valence-electron chi connectivity index (χ0n) is 12.4. The van der Waals surface area contributed by atoms with Gasteiger partial charge < -0.3 is 20.1 Å². The van der Waals surface area contributed by atoms with Crippen molar-refractivity contribution >= 4 is 11.6 Å². The first-order valence-electron chi connectivity index (χ1n) is 6.88. The molecule has 21 heavy (non-hydrogen) atoms. The van der Waals surface area contributed by atoms with Gasteiger partial charge in [-0.05, 0) is 32.4 Å². The topological polar surface area (TPSA) is 69.9 Å². The van der Waals surface area contributed by atoms with Crippen LogP contribution in [0.4, 0.5) is 0 Å². The van der Waals surface area contributed by atoms with E-state index < -0.39 is 34.9 Å². The van der Waals surface area contributed by atoms with E-state index in [1.165, 1.54) is 0 Å². The maximum atomic E-state index is 10.4. The van der Waals surface area contributed by atoms with E-state index >= 15 is 0 Å². The molecule has 2 rings (SSSR count). The Morgan fingerprint density at radius 2 is 2.14 bits per heavy atom. The lowest BCUT2D eigenvalue weighted by atomic mass is 9.79. The smallest absolute Gasteiger partial charge is 0.114 e. The molecule has 0 saturated carbocycles. The van der Waals surface area contributed by atoms with Crippen molar-refractivity contribution in [2.45, 2.75) is 62.1 Å². The van der Waals surface area contributed by atoms with Gasteiger partial charge in [0, 0.05) is 12.0 Å². The van der Waals surface area contributed by atoms with Gasteiger partial charge >= 0.3 is 0 Å². The standard InChI is InChI=1S/C16H21ClO4/c1-9(2)5-6-10-7-11-16(17,14(19)13(10)18)8-12(21-11)15(3,4)20/h7,11-14,18-20H,1,8H2,2-4H3. The molecule has 0 radical (unpaired) electrons.